The summed E-state index contributed by atoms with van der Waals surface area (Å²) in [7, 11) is 1.60. The number of hydrogen-bond acceptors (Lipinski definition) is 4. The van der Waals surface area contributed by atoms with Gasteiger partial charge in [-0.1, -0.05) is 36.8 Å². The molecule has 28 heavy (non-hydrogen) atoms. The van der Waals surface area contributed by atoms with Crippen LogP contribution in [-0.2, 0) is 20.7 Å². The predicted octanol–water partition coefficient (Wildman–Crippen LogP) is 3.42. The molecule has 1 aliphatic heterocycles. The van der Waals surface area contributed by atoms with Gasteiger partial charge in [0.1, 0.15) is 0 Å². The third-order valence-electron chi connectivity index (χ3n) is 5.23. The molecule has 0 saturated carbocycles. The topological polar surface area (TPSA) is 49.9 Å². The van der Waals surface area contributed by atoms with Crippen LogP contribution in [0.2, 0.25) is 0 Å². The maximum atomic E-state index is 13.3. The third-order valence-corrected chi connectivity index (χ3v) is 6.22. The highest BCUT2D eigenvalue weighted by molar-refractivity contribution is 7.10. The minimum Gasteiger partial charge on any atom is -0.383 e. The number of amides is 2. The third kappa shape index (κ3) is 4.45. The van der Waals surface area contributed by atoms with E-state index in [1.165, 1.54) is 16.0 Å². The summed E-state index contributed by atoms with van der Waals surface area (Å²) in [6.45, 7) is 5.51. The van der Waals surface area contributed by atoms with Crippen LogP contribution in [0.1, 0.15) is 41.0 Å². The van der Waals surface area contributed by atoms with Gasteiger partial charge in [0.05, 0.1) is 19.2 Å². The van der Waals surface area contributed by atoms with Crippen molar-refractivity contribution in [2.24, 2.45) is 0 Å². The highest BCUT2D eigenvalue weighted by Crippen LogP contribution is 2.37. The Labute approximate surface area is 170 Å². The molecule has 1 unspecified atom stereocenters. The molecule has 5 nitrogen and oxygen atoms in total. The lowest BCUT2D eigenvalue weighted by molar-refractivity contribution is -0.142. The van der Waals surface area contributed by atoms with Gasteiger partial charge < -0.3 is 14.5 Å². The zero-order valence-electron chi connectivity index (χ0n) is 16.8. The monoisotopic (exact) mass is 400 g/mol. The van der Waals surface area contributed by atoms with E-state index in [0.29, 0.717) is 26.1 Å². The second-order valence-electron chi connectivity index (χ2n) is 7.11. The van der Waals surface area contributed by atoms with Crippen LogP contribution in [0.4, 0.5) is 0 Å². The molecule has 0 saturated heterocycles. The quantitative estimate of drug-likeness (QED) is 0.716. The van der Waals surface area contributed by atoms with Crippen LogP contribution in [0.5, 0.6) is 0 Å². The molecule has 6 heteroatoms. The summed E-state index contributed by atoms with van der Waals surface area (Å²) in [6, 6.07) is 10.4. The van der Waals surface area contributed by atoms with Gasteiger partial charge in [-0.05, 0) is 35.9 Å². The molecule has 1 aliphatic rings. The Morgan fingerprint density at radius 1 is 1.25 bits per heavy atom. The number of carbonyl (C=O) groups is 2. The molecule has 0 radical (unpaired) electrons. The number of benzene rings is 1. The van der Waals surface area contributed by atoms with Crippen LogP contribution < -0.4 is 0 Å². The summed E-state index contributed by atoms with van der Waals surface area (Å²) in [5, 5.41) is 2.10. The number of hydrogen-bond donors (Lipinski definition) is 0. The first-order chi connectivity index (χ1) is 13.5. The molecule has 0 bridgehead atoms. The second kappa shape index (κ2) is 9.34. The zero-order chi connectivity index (χ0) is 20.1. The number of thiophene rings is 1. The van der Waals surface area contributed by atoms with Crippen LogP contribution in [0.25, 0.3) is 0 Å². The number of fused-ring (bicyclic) bond motifs is 1. The highest BCUT2D eigenvalue weighted by Gasteiger charge is 2.33. The van der Waals surface area contributed by atoms with Gasteiger partial charge in [0.25, 0.3) is 0 Å². The first-order valence-corrected chi connectivity index (χ1v) is 10.6. The molecule has 2 heterocycles. The molecule has 0 spiro atoms. The highest BCUT2D eigenvalue weighted by atomic mass is 32.1. The van der Waals surface area contributed by atoms with E-state index in [0.717, 1.165) is 12.0 Å². The van der Waals surface area contributed by atoms with Crippen LogP contribution in [-0.4, -0.2) is 55.0 Å². The van der Waals surface area contributed by atoms with Crippen LogP contribution in [0.15, 0.2) is 35.7 Å². The number of nitrogens with zero attached hydrogens (tertiary/aromatic N) is 2. The lowest BCUT2D eigenvalue weighted by Gasteiger charge is -2.37. The molecule has 3 rings (SSSR count). The number of aryl methyl sites for hydroxylation is 1. The fourth-order valence-electron chi connectivity index (χ4n) is 3.66. The van der Waals surface area contributed by atoms with Gasteiger partial charge >= 0.3 is 0 Å². The first kappa shape index (κ1) is 20.6. The smallest absolute Gasteiger partial charge is 0.242 e. The van der Waals surface area contributed by atoms with Crippen LogP contribution in [0.3, 0.4) is 0 Å². The van der Waals surface area contributed by atoms with Crippen molar-refractivity contribution in [3.8, 4) is 0 Å². The first-order valence-electron chi connectivity index (χ1n) is 9.74. The van der Waals surface area contributed by atoms with E-state index in [2.05, 4.69) is 42.6 Å². The van der Waals surface area contributed by atoms with E-state index in [4.69, 9.17) is 4.74 Å². The Morgan fingerprint density at radius 2 is 2.00 bits per heavy atom. The molecule has 2 amide bonds. The number of carbonyl (C=O) groups excluding carboxylic acids is 2. The minimum atomic E-state index is -0.0934. The number of methoxy groups -OCH3 is 1. The van der Waals surface area contributed by atoms with Gasteiger partial charge in [0, 0.05) is 31.5 Å². The normalized spacial score (nSPS) is 16.0. The van der Waals surface area contributed by atoms with Gasteiger partial charge in [-0.25, -0.2) is 0 Å². The summed E-state index contributed by atoms with van der Waals surface area (Å²) in [4.78, 5) is 30.4. The van der Waals surface area contributed by atoms with Crippen molar-refractivity contribution in [2.75, 3.05) is 33.4 Å². The Kier molecular flexibility index (Phi) is 6.86. The van der Waals surface area contributed by atoms with Crippen molar-refractivity contribution in [1.29, 1.82) is 0 Å². The van der Waals surface area contributed by atoms with Crippen molar-refractivity contribution in [3.63, 3.8) is 0 Å². The Hall–Kier alpha value is -2.18. The van der Waals surface area contributed by atoms with Gasteiger partial charge in [-0.15, -0.1) is 11.3 Å². The molecular formula is C22H28N2O3S. The Bertz CT molecular complexity index is 815. The fraction of sp³-hybridized carbons (Fsp3) is 0.455. The molecule has 2 aromatic rings. The van der Waals surface area contributed by atoms with E-state index in [9.17, 15) is 9.59 Å². The van der Waals surface area contributed by atoms with Crippen molar-refractivity contribution in [1.82, 2.24) is 9.80 Å². The zero-order valence-corrected chi connectivity index (χ0v) is 17.6. The summed E-state index contributed by atoms with van der Waals surface area (Å²) < 4.78 is 5.11. The number of rotatable bonds is 7. The molecule has 1 aromatic carbocycles. The summed E-state index contributed by atoms with van der Waals surface area (Å²) in [5.41, 5.74) is 3.52. The van der Waals surface area contributed by atoms with Crippen molar-refractivity contribution < 1.29 is 14.3 Å². The van der Waals surface area contributed by atoms with Crippen LogP contribution in [0, 0.1) is 6.92 Å². The summed E-state index contributed by atoms with van der Waals surface area (Å²) in [6.07, 6.45) is 1.24. The fourth-order valence-corrected chi connectivity index (χ4v) is 4.57. The summed E-state index contributed by atoms with van der Waals surface area (Å²) >= 11 is 1.76. The van der Waals surface area contributed by atoms with E-state index in [-0.39, 0.29) is 24.4 Å². The SMILES string of the molecule is CCC(=O)N(CCOC)CC(=O)N1CCc2sccc2C1c1ccc(C)cc1. The van der Waals surface area contributed by atoms with E-state index in [1.807, 2.05) is 11.8 Å². The van der Waals surface area contributed by atoms with Crippen molar-refractivity contribution >= 4 is 23.2 Å². The maximum absolute atomic E-state index is 13.3. The second-order valence-corrected chi connectivity index (χ2v) is 8.11. The van der Waals surface area contributed by atoms with E-state index in [1.54, 1.807) is 23.3 Å². The van der Waals surface area contributed by atoms with Crippen molar-refractivity contribution in [3.05, 3.63) is 57.3 Å². The summed E-state index contributed by atoms with van der Waals surface area (Å²) in [5.74, 6) is -0.0363. The standard InChI is InChI=1S/C22H28N2O3S/c1-4-20(25)23(12-13-27-3)15-21(26)24-11-9-19-18(10-14-28-19)22(24)17-7-5-16(2)6-8-17/h5-8,10,14,22H,4,9,11-13,15H2,1-3H3. The molecule has 0 N–H and O–H groups in total. The molecule has 1 atom stereocenters. The molecule has 0 aliphatic carbocycles. The Morgan fingerprint density at radius 3 is 2.68 bits per heavy atom. The number of ether oxygens (including phenoxy) is 1. The van der Waals surface area contributed by atoms with Gasteiger partial charge in [-0.2, -0.15) is 0 Å². The Balaban J connectivity index is 1.86. The minimum absolute atomic E-state index is 0.0136. The lowest BCUT2D eigenvalue weighted by Crippen LogP contribution is -2.47. The molecular weight excluding hydrogens is 372 g/mol. The van der Waals surface area contributed by atoms with E-state index < -0.39 is 0 Å². The molecule has 150 valence electrons. The van der Waals surface area contributed by atoms with E-state index >= 15 is 0 Å². The maximum Gasteiger partial charge on any atom is 0.242 e. The lowest BCUT2D eigenvalue weighted by atomic mass is 9.92. The van der Waals surface area contributed by atoms with Gasteiger partial charge in [0.2, 0.25) is 11.8 Å². The average molecular weight is 401 g/mol. The van der Waals surface area contributed by atoms with Gasteiger partial charge in [-0.3, -0.25) is 9.59 Å². The van der Waals surface area contributed by atoms with Crippen molar-refractivity contribution in [2.45, 2.75) is 32.7 Å². The largest absolute Gasteiger partial charge is 0.383 e. The molecule has 0 fully saturated rings. The van der Waals surface area contributed by atoms with Gasteiger partial charge in [0.15, 0.2) is 0 Å². The average Bonchev–Trinajstić information content (AvgIpc) is 3.19. The molecule has 1 aromatic heterocycles. The van der Waals surface area contributed by atoms with Crippen LogP contribution >= 0.6 is 11.3 Å². The predicted molar refractivity (Wildman–Crippen MR) is 112 cm³/mol.